The monoisotopic (exact) mass is 1720 g/mol. The molecule has 2 fully saturated rings. The molecule has 2 amide bonds. The van der Waals surface area contributed by atoms with Gasteiger partial charge in [0.25, 0.3) is 3.79 Å². The molecule has 28 heteroatoms. The molecule has 0 bridgehead atoms. The van der Waals surface area contributed by atoms with E-state index in [1.165, 1.54) is 161 Å². The number of alkyl halides is 3. The van der Waals surface area contributed by atoms with E-state index < -0.39 is 86.6 Å². The molecule has 2 saturated heterocycles. The maximum Gasteiger partial charge on any atom is 0.475 e. The van der Waals surface area contributed by atoms with E-state index >= 15 is 0 Å². The zero-order valence-corrected chi connectivity index (χ0v) is 75.5. The number of aliphatic hydroxyl groups excluding tert-OH is 1. The summed E-state index contributed by atoms with van der Waals surface area (Å²) in [6.07, 6.45) is 50.2. The molecule has 4 N–H and O–H groups in total. The van der Waals surface area contributed by atoms with Crippen molar-refractivity contribution in [1.29, 1.82) is 5.41 Å². The third-order valence-corrected chi connectivity index (χ3v) is 23.2. The molecule has 114 heavy (non-hydrogen) atoms. The molecule has 2 aliphatic heterocycles. The van der Waals surface area contributed by atoms with Crippen molar-refractivity contribution in [1.82, 2.24) is 10.6 Å². The van der Waals surface area contributed by atoms with Crippen LogP contribution in [0.5, 0.6) is 0 Å². The van der Waals surface area contributed by atoms with Crippen LogP contribution >= 0.6 is 50.4 Å². The summed E-state index contributed by atoms with van der Waals surface area (Å²) >= 11 is 18.1. The number of amides is 2. The quantitative estimate of drug-likeness (QED) is 0.0110. The van der Waals surface area contributed by atoms with Crippen LogP contribution in [0.1, 0.15) is 297 Å². The van der Waals surface area contributed by atoms with Crippen molar-refractivity contribution in [2.45, 2.75) is 375 Å². The molecule has 0 saturated carbocycles. The fourth-order valence-electron chi connectivity index (χ4n) is 13.3. The Kier molecular flexibility index (Phi) is 69.4. The van der Waals surface area contributed by atoms with E-state index in [2.05, 4.69) is 88.9 Å². The van der Waals surface area contributed by atoms with E-state index in [4.69, 9.17) is 110 Å². The molecule has 2 unspecified atom stereocenters. The number of hydrogen-bond donors (Lipinski definition) is 4. The first-order valence-corrected chi connectivity index (χ1v) is 47.3. The largest absolute Gasteiger partial charge is 0.475 e. The Morgan fingerprint density at radius 1 is 0.456 bits per heavy atom. The van der Waals surface area contributed by atoms with Gasteiger partial charge >= 0.3 is 15.6 Å². The number of unbranched alkanes of at least 4 members (excludes halogenated alkanes) is 30. The predicted octanol–water partition coefficient (Wildman–Crippen LogP) is 22.2. The molecule has 2 heterocycles. The van der Waals surface area contributed by atoms with E-state index in [0.29, 0.717) is 25.7 Å². The first kappa shape index (κ1) is 110. The molecule has 23 nitrogen and oxygen atoms in total. The molecule has 666 valence electrons. The minimum absolute atomic E-state index is 0.0144. The van der Waals surface area contributed by atoms with Crippen LogP contribution in [0.3, 0.4) is 0 Å². The average molecular weight is 1720 g/mol. The predicted molar refractivity (Wildman–Crippen MR) is 462 cm³/mol. The highest BCUT2D eigenvalue weighted by Gasteiger charge is 2.54. The van der Waals surface area contributed by atoms with Gasteiger partial charge < -0.3 is 58.4 Å². The standard InChI is InChI=1S/C44H78Cl3N2O10P.C42H78NO10P/c1-7-11-13-15-16-17-18-19-20-21-22-23-24-26-28-30-38(50)49-39-41(54-34-31-36(53-6)29-27-25-14-12-8-2)40(59-60(51,55-32-9-3)56-33-10-4)37(35-52-5)57-42(39)58-43(48)44(45,46)47;1-7-11-13-15-16-17-18-19-20-21-22-23-24-26-28-30-38(44)43-39-41(49-34-31-36(48-6)29-27-25-14-12-8-2)40(37(35-47-5)52-42(39)45)53-54(46,50-32-9-3)51-33-10-4/h9-10,17-18,36-37,39-42,48H,3-4,7-8,11-16,19-35H2,1-2,5-6H3,(H,49,50);9-10,17-18,36-37,39-42,45H,3-4,7-8,11-16,19-35H2,1-2,5-6H3,(H,43,44)/b18-17-,48-43?;18-17-/t2*36-,37-,39-,40-,41-,42?/m11/s1. The molecular weight excluding hydrogens is 1560 g/mol. The lowest BCUT2D eigenvalue weighted by Crippen LogP contribution is -2.66. The second-order valence-electron chi connectivity index (χ2n) is 29.6. The smallest absolute Gasteiger partial charge is 0.446 e. The van der Waals surface area contributed by atoms with Crippen LogP contribution in [-0.4, -0.2) is 181 Å². The van der Waals surface area contributed by atoms with Crippen molar-refractivity contribution in [3.63, 3.8) is 0 Å². The Balaban J connectivity index is 0.00000115. The van der Waals surface area contributed by atoms with Crippen molar-refractivity contribution in [2.24, 2.45) is 0 Å². The van der Waals surface area contributed by atoms with Crippen molar-refractivity contribution < 1.29 is 93.6 Å². The molecule has 2 rings (SSSR count). The summed E-state index contributed by atoms with van der Waals surface area (Å²) in [6.45, 7) is 23.2. The summed E-state index contributed by atoms with van der Waals surface area (Å²) in [5, 5.41) is 25.5. The lowest BCUT2D eigenvalue weighted by atomic mass is 9.96. The Bertz CT molecular complexity index is 2550. The molecule has 0 radical (unpaired) electrons. The van der Waals surface area contributed by atoms with Gasteiger partial charge in [-0.3, -0.25) is 42.1 Å². The zero-order chi connectivity index (χ0) is 84.2. The second kappa shape index (κ2) is 72.2. The van der Waals surface area contributed by atoms with Crippen molar-refractivity contribution in [3.05, 3.63) is 74.9 Å². The molecule has 0 aliphatic carbocycles. The highest BCUT2D eigenvalue weighted by atomic mass is 35.6. The van der Waals surface area contributed by atoms with Crippen LogP contribution in [0.2, 0.25) is 0 Å². The summed E-state index contributed by atoms with van der Waals surface area (Å²) < 4.78 is 113. The minimum atomic E-state index is -4.33. The van der Waals surface area contributed by atoms with Crippen LogP contribution in [0.15, 0.2) is 74.9 Å². The topological polar surface area (TPSA) is 275 Å². The van der Waals surface area contributed by atoms with E-state index in [-0.39, 0.29) is 83.3 Å². The van der Waals surface area contributed by atoms with Crippen LogP contribution < -0.4 is 10.6 Å². The number of rotatable bonds is 75. The van der Waals surface area contributed by atoms with Crippen LogP contribution in [0.4, 0.5) is 0 Å². The lowest BCUT2D eigenvalue weighted by Gasteiger charge is -2.46. The maximum absolute atomic E-state index is 14.1. The summed E-state index contributed by atoms with van der Waals surface area (Å²) in [6, 6.07) is -2.17. The molecule has 0 aromatic rings. The van der Waals surface area contributed by atoms with Crippen LogP contribution in [-0.2, 0) is 88.5 Å². The van der Waals surface area contributed by atoms with Gasteiger partial charge in [0, 0.05) is 54.5 Å². The molecule has 0 aromatic heterocycles. The highest BCUT2D eigenvalue weighted by Crippen LogP contribution is 2.54. The van der Waals surface area contributed by atoms with Gasteiger partial charge in [-0.25, -0.2) is 9.13 Å². The Labute approximate surface area is 704 Å². The SMILES string of the molecule is C=CCOP(=O)(OCC=C)O[C@H]1[C@H](OCC[C@@H](CCCCCCC)OC)[C@@H](NC(=O)CCCCCCCCC/C=C\CCCCCC)C(O)O[C@@H]1COC.C=CCOP(=O)(OCC=C)O[C@H]1[C@H](OCC[C@@H](CCCCCCC)OC)[C@@H](NC(=O)CCCCCCCCC/C=C\CCCCCC)C(OC(=N)C(Cl)(Cl)Cl)O[C@@H]1COC. The van der Waals surface area contributed by atoms with Crippen molar-refractivity contribution in [3.8, 4) is 0 Å². The van der Waals surface area contributed by atoms with Gasteiger partial charge in [-0.15, -0.1) is 26.3 Å². The Morgan fingerprint density at radius 2 is 0.772 bits per heavy atom. The molecule has 12 atom stereocenters. The number of ether oxygens (including phenoxy) is 9. The lowest BCUT2D eigenvalue weighted by molar-refractivity contribution is -0.261. The first-order chi connectivity index (χ1) is 55.2. The van der Waals surface area contributed by atoms with Gasteiger partial charge in [-0.05, 0) is 89.9 Å². The van der Waals surface area contributed by atoms with Gasteiger partial charge in [0.2, 0.25) is 24.0 Å². The highest BCUT2D eigenvalue weighted by molar-refractivity contribution is 7.48. The summed E-state index contributed by atoms with van der Waals surface area (Å²) in [7, 11) is -2.24. The van der Waals surface area contributed by atoms with Gasteiger partial charge in [-0.2, -0.15) is 0 Å². The molecule has 2 aliphatic rings. The van der Waals surface area contributed by atoms with Crippen LogP contribution in [0.25, 0.3) is 0 Å². The van der Waals surface area contributed by atoms with Crippen LogP contribution in [0, 0.1) is 5.41 Å². The normalized spacial score (nSPS) is 20.6. The number of allylic oxidation sites excluding steroid dienone is 4. The van der Waals surface area contributed by atoms with E-state index in [0.717, 1.165) is 116 Å². The van der Waals surface area contributed by atoms with Gasteiger partial charge in [-0.1, -0.05) is 278 Å². The second-order valence-corrected chi connectivity index (χ2v) is 35.1. The average Bonchev–Trinajstić information content (AvgIpc) is 0.767. The van der Waals surface area contributed by atoms with Gasteiger partial charge in [0.1, 0.15) is 48.7 Å². The Hall–Kier alpha value is -2.42. The summed E-state index contributed by atoms with van der Waals surface area (Å²) in [5.74, 6) is -1.29. The van der Waals surface area contributed by atoms with Gasteiger partial charge in [0.15, 0.2) is 6.29 Å². The minimum Gasteiger partial charge on any atom is -0.446 e. The first-order valence-electron chi connectivity index (χ1n) is 43.2. The number of methoxy groups -OCH3 is 4. The number of hydrogen-bond acceptors (Lipinski definition) is 21. The van der Waals surface area contributed by atoms with E-state index in [1.807, 2.05) is 0 Å². The number of carbonyl (C=O) groups is 2. The van der Waals surface area contributed by atoms with Gasteiger partial charge in [0.05, 0.1) is 51.8 Å². The number of phosphoric acid groups is 2. The third-order valence-electron chi connectivity index (χ3n) is 19.8. The van der Waals surface area contributed by atoms with Crippen molar-refractivity contribution >= 4 is 68.2 Å². The summed E-state index contributed by atoms with van der Waals surface area (Å²) in [5.41, 5.74) is 0. The molecular formula is C86H156Cl3N3O20P2. The zero-order valence-electron chi connectivity index (χ0n) is 71.5. The molecule has 0 spiro atoms. The Morgan fingerprint density at radius 3 is 1.11 bits per heavy atom. The number of aliphatic hydroxyl groups is 1. The third kappa shape index (κ3) is 53.4. The van der Waals surface area contributed by atoms with Crippen molar-refractivity contribution in [2.75, 3.05) is 81.3 Å². The number of nitrogens with one attached hydrogen (secondary N) is 3. The fourth-order valence-corrected chi connectivity index (χ4v) is 16.1. The van der Waals surface area contributed by atoms with E-state index in [1.54, 1.807) is 14.2 Å². The molecule has 0 aromatic carbocycles. The fraction of sp³-hybridized carbons (Fsp3) is 0.826. The summed E-state index contributed by atoms with van der Waals surface area (Å²) in [4.78, 5) is 27.0. The van der Waals surface area contributed by atoms with E-state index in [9.17, 15) is 23.8 Å². The number of halogens is 3. The number of carbonyl (C=O) groups excluding carboxylic acids is 2. The number of phosphoric ester groups is 2. The maximum atomic E-state index is 14.1.